The predicted molar refractivity (Wildman–Crippen MR) is 117 cm³/mol. The van der Waals surface area contributed by atoms with E-state index in [1.807, 2.05) is 18.3 Å². The fourth-order valence-corrected chi connectivity index (χ4v) is 4.05. The second-order valence-electron chi connectivity index (χ2n) is 7.84. The maximum absolute atomic E-state index is 6.07. The lowest BCUT2D eigenvalue weighted by atomic mass is 10.1. The van der Waals surface area contributed by atoms with E-state index in [1.165, 1.54) is 25.9 Å². The number of hydrogen-bond donors (Lipinski definition) is 0. The van der Waals surface area contributed by atoms with E-state index in [0.29, 0.717) is 13.0 Å². The molecule has 7 nitrogen and oxygen atoms in total. The van der Waals surface area contributed by atoms with E-state index >= 15 is 0 Å². The third kappa shape index (κ3) is 5.61. The highest BCUT2D eigenvalue weighted by Crippen LogP contribution is 2.29. The van der Waals surface area contributed by atoms with Crippen LogP contribution in [0.15, 0.2) is 30.5 Å². The lowest BCUT2D eigenvalue weighted by molar-refractivity contribution is 0.122. The van der Waals surface area contributed by atoms with Crippen LogP contribution in [0, 0.1) is 0 Å². The largest absolute Gasteiger partial charge is 0.493 e. The standard InChI is InChI=1S/C23H32N4O3/c1-28-20-6-5-19(17-21(20)30-14-4-11-26-9-2-3-10-26)18-22-24-8-7-23(25-22)27-12-15-29-16-13-27/h5-8,17H,2-4,9-16,18H2,1H3. The average Bonchev–Trinajstić information content (AvgIpc) is 3.31. The monoisotopic (exact) mass is 412 g/mol. The molecule has 3 heterocycles. The van der Waals surface area contributed by atoms with E-state index in [9.17, 15) is 0 Å². The fraction of sp³-hybridized carbons (Fsp3) is 0.565. The van der Waals surface area contributed by atoms with Gasteiger partial charge in [-0.2, -0.15) is 0 Å². The molecule has 162 valence electrons. The highest BCUT2D eigenvalue weighted by Gasteiger charge is 2.14. The molecule has 0 aliphatic carbocycles. The minimum absolute atomic E-state index is 0.659. The zero-order valence-corrected chi connectivity index (χ0v) is 17.9. The maximum atomic E-state index is 6.07. The highest BCUT2D eigenvalue weighted by atomic mass is 16.5. The van der Waals surface area contributed by atoms with Gasteiger partial charge in [0.15, 0.2) is 11.5 Å². The fourth-order valence-electron chi connectivity index (χ4n) is 4.05. The van der Waals surface area contributed by atoms with E-state index in [2.05, 4.69) is 26.9 Å². The van der Waals surface area contributed by atoms with Crippen molar-refractivity contribution < 1.29 is 14.2 Å². The molecule has 4 rings (SSSR count). The van der Waals surface area contributed by atoms with Gasteiger partial charge in [0.05, 0.1) is 26.9 Å². The van der Waals surface area contributed by atoms with Gasteiger partial charge in [0.1, 0.15) is 11.6 Å². The predicted octanol–water partition coefficient (Wildman–Crippen LogP) is 2.78. The molecule has 1 aromatic heterocycles. The summed E-state index contributed by atoms with van der Waals surface area (Å²) >= 11 is 0. The van der Waals surface area contributed by atoms with Crippen molar-refractivity contribution in [1.82, 2.24) is 14.9 Å². The Labute approximate surface area is 179 Å². The molecule has 2 aliphatic rings. The Bertz CT molecular complexity index is 805. The minimum Gasteiger partial charge on any atom is -0.493 e. The maximum Gasteiger partial charge on any atom is 0.161 e. The number of methoxy groups -OCH3 is 1. The zero-order valence-electron chi connectivity index (χ0n) is 17.9. The minimum atomic E-state index is 0.659. The van der Waals surface area contributed by atoms with Gasteiger partial charge in [0.25, 0.3) is 0 Å². The summed E-state index contributed by atoms with van der Waals surface area (Å²) in [5.41, 5.74) is 1.12. The summed E-state index contributed by atoms with van der Waals surface area (Å²) in [4.78, 5) is 14.0. The molecule has 0 spiro atoms. The van der Waals surface area contributed by atoms with Crippen LogP contribution in [0.2, 0.25) is 0 Å². The van der Waals surface area contributed by atoms with Crippen LogP contribution in [0.4, 0.5) is 5.82 Å². The van der Waals surface area contributed by atoms with Gasteiger partial charge in [-0.1, -0.05) is 6.07 Å². The molecule has 0 amide bonds. The Morgan fingerprint density at radius 2 is 1.87 bits per heavy atom. The van der Waals surface area contributed by atoms with Crippen molar-refractivity contribution in [3.05, 3.63) is 41.9 Å². The molecule has 2 fully saturated rings. The molecule has 0 bridgehead atoms. The molecule has 0 atom stereocenters. The van der Waals surface area contributed by atoms with Crippen LogP contribution < -0.4 is 14.4 Å². The molecule has 2 saturated heterocycles. The van der Waals surface area contributed by atoms with Crippen molar-refractivity contribution in [3.63, 3.8) is 0 Å². The van der Waals surface area contributed by atoms with Gasteiger partial charge in [-0.25, -0.2) is 9.97 Å². The molecular weight excluding hydrogens is 380 g/mol. The Morgan fingerprint density at radius 3 is 2.67 bits per heavy atom. The van der Waals surface area contributed by atoms with Gasteiger partial charge in [-0.3, -0.25) is 0 Å². The Hall–Kier alpha value is -2.38. The summed E-state index contributed by atoms with van der Waals surface area (Å²) in [6.07, 6.45) is 6.17. The van der Waals surface area contributed by atoms with Gasteiger partial charge in [0.2, 0.25) is 0 Å². The smallest absolute Gasteiger partial charge is 0.161 e. The van der Waals surface area contributed by atoms with Crippen molar-refractivity contribution in [2.75, 3.05) is 64.6 Å². The molecule has 2 aromatic rings. The van der Waals surface area contributed by atoms with Crippen LogP contribution in [0.5, 0.6) is 11.5 Å². The summed E-state index contributed by atoms with van der Waals surface area (Å²) in [5.74, 6) is 3.34. The first kappa shape index (κ1) is 20.9. The zero-order chi connectivity index (χ0) is 20.6. The van der Waals surface area contributed by atoms with Crippen molar-refractivity contribution in [3.8, 4) is 11.5 Å². The van der Waals surface area contributed by atoms with Crippen molar-refractivity contribution >= 4 is 5.82 Å². The highest BCUT2D eigenvalue weighted by molar-refractivity contribution is 5.44. The van der Waals surface area contributed by atoms with E-state index in [-0.39, 0.29) is 0 Å². The number of hydrogen-bond acceptors (Lipinski definition) is 7. The van der Waals surface area contributed by atoms with Crippen LogP contribution in [0.3, 0.4) is 0 Å². The van der Waals surface area contributed by atoms with Crippen molar-refractivity contribution in [2.24, 2.45) is 0 Å². The van der Waals surface area contributed by atoms with Crippen LogP contribution in [0.25, 0.3) is 0 Å². The molecule has 1 aromatic carbocycles. The SMILES string of the molecule is COc1ccc(Cc2nccc(N3CCOCC3)n2)cc1OCCCN1CCCC1. The van der Waals surface area contributed by atoms with Gasteiger partial charge in [0, 0.05) is 32.3 Å². The molecule has 30 heavy (non-hydrogen) atoms. The van der Waals surface area contributed by atoms with E-state index in [0.717, 1.165) is 68.0 Å². The molecule has 7 heteroatoms. The summed E-state index contributed by atoms with van der Waals surface area (Å²) in [6.45, 7) is 7.48. The van der Waals surface area contributed by atoms with Crippen LogP contribution >= 0.6 is 0 Å². The Kier molecular flexibility index (Phi) is 7.37. The lowest BCUT2D eigenvalue weighted by Gasteiger charge is -2.27. The third-order valence-electron chi connectivity index (χ3n) is 5.69. The summed E-state index contributed by atoms with van der Waals surface area (Å²) < 4.78 is 17.0. The van der Waals surface area contributed by atoms with E-state index in [1.54, 1.807) is 7.11 Å². The molecular formula is C23H32N4O3. The van der Waals surface area contributed by atoms with Crippen LogP contribution in [-0.4, -0.2) is 74.5 Å². The number of anilines is 1. The van der Waals surface area contributed by atoms with Crippen LogP contribution in [0.1, 0.15) is 30.7 Å². The first-order chi connectivity index (χ1) is 14.8. The van der Waals surface area contributed by atoms with Crippen molar-refractivity contribution in [1.29, 1.82) is 0 Å². The second-order valence-corrected chi connectivity index (χ2v) is 7.84. The summed E-state index contributed by atoms with van der Waals surface area (Å²) in [6, 6.07) is 8.05. The number of ether oxygens (including phenoxy) is 3. The van der Waals surface area contributed by atoms with Gasteiger partial charge in [-0.05, 0) is 56.1 Å². The number of rotatable bonds is 9. The van der Waals surface area contributed by atoms with Gasteiger partial charge in [-0.15, -0.1) is 0 Å². The molecule has 0 unspecified atom stereocenters. The lowest BCUT2D eigenvalue weighted by Crippen LogP contribution is -2.36. The topological polar surface area (TPSA) is 60.0 Å². The van der Waals surface area contributed by atoms with Gasteiger partial charge >= 0.3 is 0 Å². The number of morpholine rings is 1. The van der Waals surface area contributed by atoms with E-state index < -0.39 is 0 Å². The number of likely N-dealkylation sites (tertiary alicyclic amines) is 1. The summed E-state index contributed by atoms with van der Waals surface area (Å²) in [7, 11) is 1.68. The average molecular weight is 413 g/mol. The normalized spacial score (nSPS) is 17.3. The second kappa shape index (κ2) is 10.6. The number of benzene rings is 1. The number of aromatic nitrogens is 2. The van der Waals surface area contributed by atoms with Gasteiger partial charge < -0.3 is 24.0 Å². The van der Waals surface area contributed by atoms with Crippen LogP contribution in [-0.2, 0) is 11.2 Å². The Morgan fingerprint density at radius 1 is 1.03 bits per heavy atom. The molecule has 2 aliphatic heterocycles. The quantitative estimate of drug-likeness (QED) is 0.587. The Balaban J connectivity index is 1.37. The first-order valence-electron chi connectivity index (χ1n) is 11.0. The van der Waals surface area contributed by atoms with Crippen molar-refractivity contribution in [2.45, 2.75) is 25.7 Å². The molecule has 0 saturated carbocycles. The summed E-state index contributed by atoms with van der Waals surface area (Å²) in [5, 5.41) is 0. The van der Waals surface area contributed by atoms with E-state index in [4.69, 9.17) is 19.2 Å². The third-order valence-corrected chi connectivity index (χ3v) is 5.69. The first-order valence-corrected chi connectivity index (χ1v) is 11.0. The molecule has 0 radical (unpaired) electrons. The molecule has 0 N–H and O–H groups in total. The number of nitrogens with zero attached hydrogens (tertiary/aromatic N) is 4.